The molecule has 20 heavy (non-hydrogen) atoms. The molecule has 0 radical (unpaired) electrons. The molecule has 0 bridgehead atoms. The third-order valence-electron chi connectivity index (χ3n) is 4.55. The van der Waals surface area contributed by atoms with Gasteiger partial charge in [0.2, 0.25) is 0 Å². The maximum Gasteiger partial charge on any atom is 0.0439 e. The van der Waals surface area contributed by atoms with Crippen molar-refractivity contribution in [2.45, 2.75) is 44.7 Å². The van der Waals surface area contributed by atoms with E-state index in [1.54, 1.807) is 0 Å². The van der Waals surface area contributed by atoms with Gasteiger partial charge in [0, 0.05) is 21.6 Å². The Balaban J connectivity index is 2.17. The minimum Gasteiger partial charge on any atom is -0.315 e. The number of benzene rings is 1. The molecule has 0 saturated carbocycles. The van der Waals surface area contributed by atoms with Gasteiger partial charge in [-0.25, -0.2) is 0 Å². The van der Waals surface area contributed by atoms with E-state index in [4.69, 9.17) is 23.2 Å². The molecule has 2 nitrogen and oxygen atoms in total. The average molecular weight is 315 g/mol. The Morgan fingerprint density at radius 3 is 2.50 bits per heavy atom. The molecule has 1 aliphatic heterocycles. The van der Waals surface area contributed by atoms with Gasteiger partial charge in [0.05, 0.1) is 0 Å². The first-order valence-electron chi connectivity index (χ1n) is 7.31. The van der Waals surface area contributed by atoms with Gasteiger partial charge in [-0.2, -0.15) is 0 Å². The molecule has 0 aliphatic carbocycles. The highest BCUT2D eigenvalue weighted by atomic mass is 35.5. The van der Waals surface area contributed by atoms with Gasteiger partial charge in [0.1, 0.15) is 0 Å². The van der Waals surface area contributed by atoms with Crippen LogP contribution in [0.4, 0.5) is 0 Å². The van der Waals surface area contributed by atoms with E-state index < -0.39 is 0 Å². The summed E-state index contributed by atoms with van der Waals surface area (Å²) in [5.74, 6) is 0. The number of rotatable bonds is 5. The van der Waals surface area contributed by atoms with Crippen molar-refractivity contribution < 1.29 is 0 Å². The predicted molar refractivity (Wildman–Crippen MR) is 87.9 cm³/mol. The van der Waals surface area contributed by atoms with Crippen LogP contribution in [0.3, 0.4) is 0 Å². The second kappa shape index (κ2) is 6.65. The first-order valence-corrected chi connectivity index (χ1v) is 8.07. The summed E-state index contributed by atoms with van der Waals surface area (Å²) in [6, 6.07) is 6.05. The number of nitrogens with zero attached hydrogens (tertiary/aromatic N) is 1. The van der Waals surface area contributed by atoms with Crippen LogP contribution in [0.15, 0.2) is 18.2 Å². The molecule has 1 aromatic rings. The summed E-state index contributed by atoms with van der Waals surface area (Å²) in [7, 11) is 2.03. The third kappa shape index (κ3) is 3.48. The summed E-state index contributed by atoms with van der Waals surface area (Å²) in [5, 5.41) is 5.02. The molecule has 1 atom stereocenters. The number of nitrogens with one attached hydrogen (secondary N) is 1. The molecule has 1 N–H and O–H groups in total. The molecule has 1 unspecified atom stereocenters. The van der Waals surface area contributed by atoms with Crippen LogP contribution < -0.4 is 5.32 Å². The molecule has 0 aromatic heterocycles. The maximum atomic E-state index is 6.31. The van der Waals surface area contributed by atoms with Crippen LogP contribution in [0.25, 0.3) is 0 Å². The van der Waals surface area contributed by atoms with E-state index in [0.29, 0.717) is 6.04 Å². The second-order valence-corrected chi connectivity index (χ2v) is 6.97. The van der Waals surface area contributed by atoms with E-state index in [0.717, 1.165) is 22.0 Å². The van der Waals surface area contributed by atoms with Crippen molar-refractivity contribution in [3.05, 3.63) is 33.8 Å². The summed E-state index contributed by atoms with van der Waals surface area (Å²) < 4.78 is 0. The first kappa shape index (κ1) is 16.1. The molecule has 0 amide bonds. The smallest absolute Gasteiger partial charge is 0.0439 e. The number of hydrogen-bond acceptors (Lipinski definition) is 2. The van der Waals surface area contributed by atoms with Crippen molar-refractivity contribution in [3.63, 3.8) is 0 Å². The highest BCUT2D eigenvalue weighted by Crippen LogP contribution is 2.29. The van der Waals surface area contributed by atoms with E-state index >= 15 is 0 Å². The average Bonchev–Trinajstić information content (AvgIpc) is 2.94. The molecule has 1 heterocycles. The van der Waals surface area contributed by atoms with Crippen molar-refractivity contribution in [3.8, 4) is 0 Å². The SMILES string of the molecule is CNC(Cc1cc(Cl)ccc1Cl)C(C)(C)N1CCCC1. The normalized spacial score (nSPS) is 18.4. The first-order chi connectivity index (χ1) is 9.45. The van der Waals surface area contributed by atoms with Gasteiger partial charge in [0.25, 0.3) is 0 Å². The Kier molecular flexibility index (Phi) is 5.36. The summed E-state index contributed by atoms with van der Waals surface area (Å²) in [5.41, 5.74) is 1.22. The van der Waals surface area contributed by atoms with Crippen molar-refractivity contribution in [2.24, 2.45) is 0 Å². The summed E-state index contributed by atoms with van der Waals surface area (Å²) >= 11 is 12.4. The van der Waals surface area contributed by atoms with Crippen LogP contribution >= 0.6 is 23.2 Å². The van der Waals surface area contributed by atoms with Gasteiger partial charge >= 0.3 is 0 Å². The fourth-order valence-electron chi connectivity index (χ4n) is 3.14. The van der Waals surface area contributed by atoms with Crippen molar-refractivity contribution in [1.29, 1.82) is 0 Å². The summed E-state index contributed by atoms with van der Waals surface area (Å²) in [6.45, 7) is 7.01. The van der Waals surface area contributed by atoms with Crippen LogP contribution in [-0.4, -0.2) is 36.6 Å². The zero-order valence-electron chi connectivity index (χ0n) is 12.5. The molecule has 1 aliphatic rings. The molecule has 1 aromatic carbocycles. The lowest BCUT2D eigenvalue weighted by Crippen LogP contribution is -2.57. The minimum atomic E-state index is 0.108. The van der Waals surface area contributed by atoms with Gasteiger partial charge in [-0.15, -0.1) is 0 Å². The van der Waals surface area contributed by atoms with E-state index in [9.17, 15) is 0 Å². The van der Waals surface area contributed by atoms with Crippen LogP contribution in [0.1, 0.15) is 32.3 Å². The number of likely N-dealkylation sites (N-methyl/N-ethyl adjacent to an activating group) is 1. The van der Waals surface area contributed by atoms with Gasteiger partial charge < -0.3 is 5.32 Å². The Hall–Kier alpha value is -0.280. The van der Waals surface area contributed by atoms with E-state index in [-0.39, 0.29) is 5.54 Å². The van der Waals surface area contributed by atoms with E-state index in [1.807, 2.05) is 25.2 Å². The zero-order valence-corrected chi connectivity index (χ0v) is 14.1. The highest BCUT2D eigenvalue weighted by molar-refractivity contribution is 6.33. The Morgan fingerprint density at radius 1 is 1.25 bits per heavy atom. The summed E-state index contributed by atoms with van der Waals surface area (Å²) in [6.07, 6.45) is 3.50. The van der Waals surface area contributed by atoms with Gasteiger partial charge in [-0.3, -0.25) is 4.90 Å². The fraction of sp³-hybridized carbons (Fsp3) is 0.625. The van der Waals surface area contributed by atoms with Crippen molar-refractivity contribution in [2.75, 3.05) is 20.1 Å². The maximum absolute atomic E-state index is 6.31. The zero-order chi connectivity index (χ0) is 14.8. The monoisotopic (exact) mass is 314 g/mol. The standard InChI is InChI=1S/C16H24Cl2N2/c1-16(2,20-8-4-5-9-20)15(19-3)11-12-10-13(17)6-7-14(12)18/h6-7,10,15,19H,4-5,8-9,11H2,1-3H3. The van der Waals surface area contributed by atoms with E-state index in [2.05, 4.69) is 24.1 Å². The van der Waals surface area contributed by atoms with Crippen LogP contribution in [0.2, 0.25) is 10.0 Å². The number of halogens is 2. The quantitative estimate of drug-likeness (QED) is 0.883. The Labute approximate surface area is 132 Å². The van der Waals surface area contributed by atoms with Gasteiger partial charge in [0.15, 0.2) is 0 Å². The number of hydrogen-bond donors (Lipinski definition) is 1. The van der Waals surface area contributed by atoms with Crippen molar-refractivity contribution >= 4 is 23.2 Å². The largest absolute Gasteiger partial charge is 0.315 e. The molecule has 4 heteroatoms. The highest BCUT2D eigenvalue weighted by Gasteiger charge is 2.36. The molecule has 1 fully saturated rings. The van der Waals surface area contributed by atoms with Gasteiger partial charge in [-0.1, -0.05) is 23.2 Å². The second-order valence-electron chi connectivity index (χ2n) is 6.13. The van der Waals surface area contributed by atoms with Crippen LogP contribution in [-0.2, 0) is 6.42 Å². The van der Waals surface area contributed by atoms with Crippen LogP contribution in [0.5, 0.6) is 0 Å². The molecule has 112 valence electrons. The number of likely N-dealkylation sites (tertiary alicyclic amines) is 1. The van der Waals surface area contributed by atoms with E-state index in [1.165, 1.54) is 25.9 Å². The molecule has 1 saturated heterocycles. The van der Waals surface area contributed by atoms with Crippen LogP contribution in [0, 0.1) is 0 Å². The minimum absolute atomic E-state index is 0.108. The topological polar surface area (TPSA) is 15.3 Å². The molecule has 2 rings (SSSR count). The lowest BCUT2D eigenvalue weighted by atomic mass is 9.87. The third-order valence-corrected chi connectivity index (χ3v) is 5.16. The van der Waals surface area contributed by atoms with Crippen molar-refractivity contribution in [1.82, 2.24) is 10.2 Å². The Morgan fingerprint density at radius 2 is 1.90 bits per heavy atom. The lowest BCUT2D eigenvalue weighted by molar-refractivity contribution is 0.110. The Bertz CT molecular complexity index is 454. The van der Waals surface area contributed by atoms with Gasteiger partial charge in [-0.05, 0) is 77.0 Å². The fourth-order valence-corrected chi connectivity index (χ4v) is 3.53. The molecular weight excluding hydrogens is 291 g/mol. The molecular formula is C16H24Cl2N2. The molecule has 0 spiro atoms. The lowest BCUT2D eigenvalue weighted by Gasteiger charge is -2.42. The summed E-state index contributed by atoms with van der Waals surface area (Å²) in [4.78, 5) is 2.58. The predicted octanol–water partition coefficient (Wildman–Crippen LogP) is 4.00.